The van der Waals surface area contributed by atoms with Crippen LogP contribution < -0.4 is 14.5 Å². The van der Waals surface area contributed by atoms with Crippen molar-refractivity contribution >= 4 is 56.1 Å². The molecule has 0 unspecified atom stereocenters. The number of furan rings is 1. The fraction of sp³-hybridized carbons (Fsp3) is 0.0870. The summed E-state index contributed by atoms with van der Waals surface area (Å²) >= 11 is 0. The van der Waals surface area contributed by atoms with Crippen LogP contribution in [0.25, 0.3) is 33.1 Å². The molecular weight excluding hydrogens is 613 g/mol. The van der Waals surface area contributed by atoms with E-state index in [1.807, 2.05) is 6.07 Å². The van der Waals surface area contributed by atoms with Crippen LogP contribution in [0.15, 0.2) is 156 Å². The summed E-state index contributed by atoms with van der Waals surface area (Å²) in [6, 6.07) is 53.8. The van der Waals surface area contributed by atoms with Crippen LogP contribution in [0.5, 0.6) is 11.5 Å². The molecular formula is C46H34N2O2. The molecule has 8 aromatic rings. The number of para-hydroxylation sites is 4. The van der Waals surface area contributed by atoms with Crippen LogP contribution in [0.4, 0.5) is 34.1 Å². The summed E-state index contributed by atoms with van der Waals surface area (Å²) in [5, 5.41) is 2.21. The summed E-state index contributed by atoms with van der Waals surface area (Å²) < 4.78 is 13.3. The van der Waals surface area contributed by atoms with Crippen LogP contribution >= 0.6 is 0 Å². The molecule has 0 fully saturated rings. The Balaban J connectivity index is 1.27. The van der Waals surface area contributed by atoms with E-state index in [4.69, 9.17) is 9.15 Å². The topological polar surface area (TPSA) is 28.9 Å². The average molecular weight is 647 g/mol. The Morgan fingerprint density at radius 1 is 0.560 bits per heavy atom. The minimum Gasteiger partial charge on any atom is -0.454 e. The average Bonchev–Trinajstić information content (AvgIpc) is 3.54. The van der Waals surface area contributed by atoms with Gasteiger partial charge in [-0.3, -0.25) is 0 Å². The Morgan fingerprint density at radius 2 is 1.22 bits per heavy atom. The number of anilines is 6. The SMILES string of the molecule is Cc1cccc2c1N1c3cccc(N(c4ccc(-c5ccccc5)cc4)c4cccc5c4oc4ccccc45)c3C(C)(C)c3cccc(c31)O2. The van der Waals surface area contributed by atoms with E-state index in [-0.39, 0.29) is 5.41 Å². The summed E-state index contributed by atoms with van der Waals surface area (Å²) in [4.78, 5) is 4.83. The molecule has 2 aliphatic heterocycles. The maximum Gasteiger partial charge on any atom is 0.159 e. The standard InChI is InChI=1S/C46H34N2O2/c1-29-13-9-23-40-43(29)48-37-20-12-19-36(42(37)46(2,3)35-18-11-24-41(49-40)44(35)48)47(32-27-25-31(26-28-32)30-14-5-4-6-15-30)38-21-10-17-34-33-16-7-8-22-39(33)50-45(34)38/h4-28H,1-3H3. The molecule has 0 saturated carbocycles. The van der Waals surface area contributed by atoms with Gasteiger partial charge in [-0.15, -0.1) is 0 Å². The highest BCUT2D eigenvalue weighted by molar-refractivity contribution is 6.10. The fourth-order valence-electron chi connectivity index (χ4n) is 8.24. The Bertz CT molecular complexity index is 2620. The van der Waals surface area contributed by atoms with Gasteiger partial charge >= 0.3 is 0 Å². The first-order valence-electron chi connectivity index (χ1n) is 17.2. The van der Waals surface area contributed by atoms with Gasteiger partial charge in [0.25, 0.3) is 0 Å². The smallest absolute Gasteiger partial charge is 0.159 e. The fourth-order valence-corrected chi connectivity index (χ4v) is 8.24. The molecule has 1 aromatic heterocycles. The Hall–Kier alpha value is -6.26. The first-order chi connectivity index (χ1) is 24.5. The first kappa shape index (κ1) is 28.7. The highest BCUT2D eigenvalue weighted by Gasteiger charge is 2.44. The van der Waals surface area contributed by atoms with Gasteiger partial charge in [-0.1, -0.05) is 117 Å². The molecule has 4 heteroatoms. The third-order valence-corrected chi connectivity index (χ3v) is 10.5. The van der Waals surface area contributed by atoms with E-state index in [2.05, 4.69) is 176 Å². The van der Waals surface area contributed by atoms with Crippen molar-refractivity contribution in [3.8, 4) is 22.6 Å². The van der Waals surface area contributed by atoms with Crippen LogP contribution in [0.1, 0.15) is 30.5 Å². The van der Waals surface area contributed by atoms with Crippen molar-refractivity contribution in [1.29, 1.82) is 0 Å². The molecule has 50 heavy (non-hydrogen) atoms. The van der Waals surface area contributed by atoms with E-state index < -0.39 is 0 Å². The van der Waals surface area contributed by atoms with Crippen molar-refractivity contribution in [1.82, 2.24) is 0 Å². The molecule has 240 valence electrons. The van der Waals surface area contributed by atoms with Crippen molar-refractivity contribution < 1.29 is 9.15 Å². The summed E-state index contributed by atoms with van der Waals surface area (Å²) in [6.45, 7) is 6.85. The lowest BCUT2D eigenvalue weighted by Gasteiger charge is -2.47. The normalized spacial score (nSPS) is 13.8. The maximum absolute atomic E-state index is 6.71. The number of ether oxygens (including phenoxy) is 1. The van der Waals surface area contributed by atoms with Gasteiger partial charge in [0.2, 0.25) is 0 Å². The summed E-state index contributed by atoms with van der Waals surface area (Å²) in [6.07, 6.45) is 0. The Kier molecular flexibility index (Phi) is 6.10. The molecule has 0 N–H and O–H groups in total. The number of fused-ring (bicyclic) bond motifs is 7. The second kappa shape index (κ2) is 10.6. The molecule has 0 atom stereocenters. The largest absolute Gasteiger partial charge is 0.454 e. The van der Waals surface area contributed by atoms with Crippen molar-refractivity contribution in [2.45, 2.75) is 26.2 Å². The van der Waals surface area contributed by atoms with E-state index in [0.717, 1.165) is 67.6 Å². The van der Waals surface area contributed by atoms with Crippen LogP contribution in [-0.2, 0) is 5.41 Å². The first-order valence-corrected chi connectivity index (χ1v) is 17.2. The Labute approximate surface area is 291 Å². The zero-order valence-corrected chi connectivity index (χ0v) is 28.1. The number of rotatable bonds is 4. The molecule has 0 bridgehead atoms. The monoisotopic (exact) mass is 646 g/mol. The van der Waals surface area contributed by atoms with Crippen LogP contribution in [0.2, 0.25) is 0 Å². The molecule has 0 amide bonds. The quantitative estimate of drug-likeness (QED) is 0.190. The lowest BCUT2D eigenvalue weighted by Crippen LogP contribution is -2.34. The van der Waals surface area contributed by atoms with E-state index in [1.54, 1.807) is 0 Å². The van der Waals surface area contributed by atoms with Gasteiger partial charge in [0.05, 0.1) is 28.4 Å². The predicted molar refractivity (Wildman–Crippen MR) is 205 cm³/mol. The van der Waals surface area contributed by atoms with Gasteiger partial charge in [0, 0.05) is 27.4 Å². The van der Waals surface area contributed by atoms with Crippen molar-refractivity contribution in [2.75, 3.05) is 9.80 Å². The minimum absolute atomic E-state index is 0.374. The second-order valence-electron chi connectivity index (χ2n) is 13.8. The zero-order valence-electron chi connectivity index (χ0n) is 28.1. The molecule has 0 aliphatic carbocycles. The van der Waals surface area contributed by atoms with E-state index in [1.165, 1.54) is 27.8 Å². The number of nitrogens with zero attached hydrogens (tertiary/aromatic N) is 2. The molecule has 4 nitrogen and oxygen atoms in total. The van der Waals surface area contributed by atoms with Crippen molar-refractivity contribution in [3.63, 3.8) is 0 Å². The van der Waals surface area contributed by atoms with Gasteiger partial charge in [-0.2, -0.15) is 0 Å². The highest BCUT2D eigenvalue weighted by atomic mass is 16.5. The maximum atomic E-state index is 6.71. The van der Waals surface area contributed by atoms with Crippen molar-refractivity contribution in [3.05, 3.63) is 168 Å². The molecule has 0 spiro atoms. The third-order valence-electron chi connectivity index (χ3n) is 10.5. The van der Waals surface area contributed by atoms with Gasteiger partial charge in [-0.25, -0.2) is 0 Å². The lowest BCUT2D eigenvalue weighted by atomic mass is 9.72. The number of benzene rings is 7. The second-order valence-corrected chi connectivity index (χ2v) is 13.8. The van der Waals surface area contributed by atoms with Crippen molar-refractivity contribution in [2.24, 2.45) is 0 Å². The summed E-state index contributed by atoms with van der Waals surface area (Å²) in [5.74, 6) is 1.75. The van der Waals surface area contributed by atoms with Crippen LogP contribution in [0, 0.1) is 6.92 Å². The number of hydrogen-bond donors (Lipinski definition) is 0. The molecule has 0 saturated heterocycles. The van der Waals surface area contributed by atoms with E-state index in [9.17, 15) is 0 Å². The van der Waals surface area contributed by atoms with Crippen LogP contribution in [0.3, 0.4) is 0 Å². The van der Waals surface area contributed by atoms with Gasteiger partial charge in [0.1, 0.15) is 5.58 Å². The van der Waals surface area contributed by atoms with Crippen LogP contribution in [-0.4, -0.2) is 0 Å². The van der Waals surface area contributed by atoms with E-state index in [0.29, 0.717) is 0 Å². The molecule has 7 aromatic carbocycles. The van der Waals surface area contributed by atoms with Gasteiger partial charge < -0.3 is 19.0 Å². The van der Waals surface area contributed by atoms with Gasteiger partial charge in [-0.05, 0) is 77.7 Å². The number of aryl methyl sites for hydroxylation is 1. The molecule has 0 radical (unpaired) electrons. The molecule has 2 aliphatic rings. The highest BCUT2D eigenvalue weighted by Crippen LogP contribution is 2.62. The number of hydrogen-bond acceptors (Lipinski definition) is 4. The third kappa shape index (κ3) is 4.05. The predicted octanol–water partition coefficient (Wildman–Crippen LogP) is 13.2. The minimum atomic E-state index is -0.374. The Morgan fingerprint density at radius 3 is 2.06 bits per heavy atom. The van der Waals surface area contributed by atoms with Gasteiger partial charge in [0.15, 0.2) is 17.1 Å². The summed E-state index contributed by atoms with van der Waals surface area (Å²) in [7, 11) is 0. The molecule has 3 heterocycles. The summed E-state index contributed by atoms with van der Waals surface area (Å²) in [5.41, 5.74) is 13.9. The van der Waals surface area contributed by atoms with E-state index >= 15 is 0 Å². The lowest BCUT2D eigenvalue weighted by molar-refractivity contribution is 0.471. The molecule has 10 rings (SSSR count). The zero-order chi connectivity index (χ0) is 33.6.